The van der Waals surface area contributed by atoms with Gasteiger partial charge in [-0.15, -0.1) is 0 Å². The molecule has 0 unspecified atom stereocenters. The summed E-state index contributed by atoms with van der Waals surface area (Å²) in [5.41, 5.74) is 6.76. The zero-order valence-corrected chi connectivity index (χ0v) is 12.0. The van der Waals surface area contributed by atoms with Crippen LogP contribution in [0.25, 0.3) is 0 Å². The highest BCUT2D eigenvalue weighted by atomic mass is 15.1. The topological polar surface area (TPSA) is 67.1 Å². The Balaban J connectivity index is 2.53. The molecular formula is C13H25N5. The number of nitrogen functional groups attached to an aromatic ring is 1. The van der Waals surface area contributed by atoms with Crippen LogP contribution in [0.4, 0.5) is 11.6 Å². The number of aryl methyl sites for hydroxylation is 1. The molecule has 0 bridgehead atoms. The number of hydrogen-bond donors (Lipinski definition) is 2. The monoisotopic (exact) mass is 251 g/mol. The van der Waals surface area contributed by atoms with Crippen molar-refractivity contribution in [1.82, 2.24) is 14.9 Å². The van der Waals surface area contributed by atoms with Gasteiger partial charge in [0.15, 0.2) is 0 Å². The van der Waals surface area contributed by atoms with E-state index in [-0.39, 0.29) is 0 Å². The Morgan fingerprint density at radius 1 is 1.17 bits per heavy atom. The summed E-state index contributed by atoms with van der Waals surface area (Å²) >= 11 is 0. The molecule has 0 fully saturated rings. The van der Waals surface area contributed by atoms with Gasteiger partial charge in [0.1, 0.15) is 17.5 Å². The molecule has 18 heavy (non-hydrogen) atoms. The van der Waals surface area contributed by atoms with E-state index in [0.29, 0.717) is 11.6 Å². The number of nitrogens with two attached hydrogens (primary N) is 1. The maximum absolute atomic E-state index is 5.83. The van der Waals surface area contributed by atoms with E-state index < -0.39 is 0 Å². The fourth-order valence-corrected chi connectivity index (χ4v) is 1.90. The zero-order chi connectivity index (χ0) is 13.5. The number of anilines is 2. The molecule has 3 N–H and O–H groups in total. The summed E-state index contributed by atoms with van der Waals surface area (Å²) in [6.45, 7) is 12.3. The minimum Gasteiger partial charge on any atom is -0.383 e. The van der Waals surface area contributed by atoms with Crippen LogP contribution in [0.2, 0.25) is 0 Å². The molecule has 1 heterocycles. The summed E-state index contributed by atoms with van der Waals surface area (Å²) in [4.78, 5) is 10.9. The van der Waals surface area contributed by atoms with E-state index in [1.54, 1.807) is 0 Å². The van der Waals surface area contributed by atoms with Crippen molar-refractivity contribution >= 4 is 11.6 Å². The molecular weight excluding hydrogens is 226 g/mol. The van der Waals surface area contributed by atoms with Crippen molar-refractivity contribution in [3.8, 4) is 0 Å². The highest BCUT2D eigenvalue weighted by Gasteiger charge is 2.06. The predicted octanol–water partition coefficient (Wildman–Crippen LogP) is 1.82. The largest absolute Gasteiger partial charge is 0.383 e. The molecule has 1 aromatic heterocycles. The SMILES string of the molecule is CCCN(CC)CCNc1nc(C)nc(N)c1C. The van der Waals surface area contributed by atoms with Gasteiger partial charge < -0.3 is 16.0 Å². The average Bonchev–Trinajstić information content (AvgIpc) is 2.33. The van der Waals surface area contributed by atoms with Crippen molar-refractivity contribution < 1.29 is 0 Å². The van der Waals surface area contributed by atoms with Crippen molar-refractivity contribution in [2.24, 2.45) is 0 Å². The highest BCUT2D eigenvalue weighted by molar-refractivity contribution is 5.54. The standard InChI is InChI=1S/C13H25N5/c1-5-8-18(6-2)9-7-15-13-10(3)12(14)16-11(4)17-13/h5-9H2,1-4H3,(H3,14,15,16,17). The van der Waals surface area contributed by atoms with Crippen LogP contribution in [0.3, 0.4) is 0 Å². The molecule has 0 saturated carbocycles. The Morgan fingerprint density at radius 2 is 1.89 bits per heavy atom. The van der Waals surface area contributed by atoms with Crippen LogP contribution in [0.15, 0.2) is 0 Å². The summed E-state index contributed by atoms with van der Waals surface area (Å²) in [6, 6.07) is 0. The Kier molecular flexibility index (Phi) is 5.85. The van der Waals surface area contributed by atoms with E-state index in [2.05, 4.69) is 34.0 Å². The van der Waals surface area contributed by atoms with Crippen LogP contribution in [0.1, 0.15) is 31.7 Å². The lowest BCUT2D eigenvalue weighted by Crippen LogP contribution is -2.30. The van der Waals surface area contributed by atoms with Gasteiger partial charge in [-0.05, 0) is 33.4 Å². The van der Waals surface area contributed by atoms with Gasteiger partial charge in [0.2, 0.25) is 0 Å². The smallest absolute Gasteiger partial charge is 0.134 e. The molecule has 0 saturated heterocycles. The number of aromatic nitrogens is 2. The molecule has 0 aliphatic rings. The second kappa shape index (κ2) is 7.16. The minimum absolute atomic E-state index is 0.561. The van der Waals surface area contributed by atoms with Crippen molar-refractivity contribution in [3.05, 3.63) is 11.4 Å². The number of rotatable bonds is 7. The third-order valence-electron chi connectivity index (χ3n) is 3.00. The van der Waals surface area contributed by atoms with E-state index in [1.165, 1.54) is 6.42 Å². The molecule has 0 amide bonds. The summed E-state index contributed by atoms with van der Waals surface area (Å²) < 4.78 is 0. The maximum atomic E-state index is 5.83. The van der Waals surface area contributed by atoms with Gasteiger partial charge in [0.25, 0.3) is 0 Å². The Labute approximate surface area is 110 Å². The molecule has 0 atom stereocenters. The fraction of sp³-hybridized carbons (Fsp3) is 0.692. The summed E-state index contributed by atoms with van der Waals surface area (Å²) in [5, 5.41) is 3.35. The van der Waals surface area contributed by atoms with Gasteiger partial charge >= 0.3 is 0 Å². The van der Waals surface area contributed by atoms with Crippen LogP contribution in [0, 0.1) is 13.8 Å². The van der Waals surface area contributed by atoms with Gasteiger partial charge in [-0.2, -0.15) is 0 Å². The molecule has 0 aliphatic carbocycles. The van der Waals surface area contributed by atoms with E-state index in [1.807, 2.05) is 13.8 Å². The van der Waals surface area contributed by atoms with Gasteiger partial charge in [0.05, 0.1) is 0 Å². The Morgan fingerprint density at radius 3 is 2.50 bits per heavy atom. The summed E-state index contributed by atoms with van der Waals surface area (Å²) in [5.74, 6) is 2.12. The molecule has 0 aliphatic heterocycles. The molecule has 0 aromatic carbocycles. The number of nitrogens with one attached hydrogen (secondary N) is 1. The quantitative estimate of drug-likeness (QED) is 0.773. The molecule has 0 spiro atoms. The average molecular weight is 251 g/mol. The first-order chi connectivity index (χ1) is 8.58. The maximum Gasteiger partial charge on any atom is 0.134 e. The van der Waals surface area contributed by atoms with Crippen LogP contribution in [0.5, 0.6) is 0 Å². The highest BCUT2D eigenvalue weighted by Crippen LogP contribution is 2.16. The third-order valence-corrected chi connectivity index (χ3v) is 3.00. The van der Waals surface area contributed by atoms with Crippen LogP contribution < -0.4 is 11.1 Å². The number of hydrogen-bond acceptors (Lipinski definition) is 5. The zero-order valence-electron chi connectivity index (χ0n) is 12.0. The van der Waals surface area contributed by atoms with E-state index in [9.17, 15) is 0 Å². The first-order valence-corrected chi connectivity index (χ1v) is 6.65. The van der Waals surface area contributed by atoms with Gasteiger partial charge in [-0.3, -0.25) is 0 Å². The Hall–Kier alpha value is -1.36. The van der Waals surface area contributed by atoms with E-state index >= 15 is 0 Å². The first-order valence-electron chi connectivity index (χ1n) is 6.65. The molecule has 1 aromatic rings. The summed E-state index contributed by atoms with van der Waals surface area (Å²) in [6.07, 6.45) is 1.19. The number of likely N-dealkylation sites (N-methyl/N-ethyl adjacent to an activating group) is 1. The minimum atomic E-state index is 0.561. The molecule has 5 nitrogen and oxygen atoms in total. The second-order valence-corrected chi connectivity index (χ2v) is 4.49. The molecule has 5 heteroatoms. The second-order valence-electron chi connectivity index (χ2n) is 4.49. The fourth-order valence-electron chi connectivity index (χ4n) is 1.90. The van der Waals surface area contributed by atoms with Gasteiger partial charge in [-0.1, -0.05) is 13.8 Å². The lowest BCUT2D eigenvalue weighted by Gasteiger charge is -2.20. The Bertz CT molecular complexity index is 378. The lowest BCUT2D eigenvalue weighted by molar-refractivity contribution is 0.300. The third kappa shape index (κ3) is 4.14. The van der Waals surface area contributed by atoms with Gasteiger partial charge in [-0.25, -0.2) is 9.97 Å². The predicted molar refractivity (Wildman–Crippen MR) is 76.8 cm³/mol. The summed E-state index contributed by atoms with van der Waals surface area (Å²) in [7, 11) is 0. The van der Waals surface area contributed by atoms with Crippen LogP contribution in [-0.4, -0.2) is 41.0 Å². The van der Waals surface area contributed by atoms with Crippen molar-refractivity contribution in [3.63, 3.8) is 0 Å². The van der Waals surface area contributed by atoms with Crippen LogP contribution in [-0.2, 0) is 0 Å². The van der Waals surface area contributed by atoms with Gasteiger partial charge in [0, 0.05) is 18.7 Å². The first kappa shape index (κ1) is 14.7. The van der Waals surface area contributed by atoms with Crippen molar-refractivity contribution in [1.29, 1.82) is 0 Å². The van der Waals surface area contributed by atoms with E-state index in [4.69, 9.17) is 5.73 Å². The van der Waals surface area contributed by atoms with E-state index in [0.717, 1.165) is 37.6 Å². The molecule has 0 radical (unpaired) electrons. The molecule has 1 rings (SSSR count). The molecule has 102 valence electrons. The van der Waals surface area contributed by atoms with Crippen LogP contribution >= 0.6 is 0 Å². The van der Waals surface area contributed by atoms with Crippen molar-refractivity contribution in [2.75, 3.05) is 37.2 Å². The van der Waals surface area contributed by atoms with Crippen molar-refractivity contribution in [2.45, 2.75) is 34.1 Å². The number of nitrogens with zero attached hydrogens (tertiary/aromatic N) is 3. The lowest BCUT2D eigenvalue weighted by atomic mass is 10.3. The normalized spacial score (nSPS) is 10.9.